The number of benzene rings is 1. The predicted octanol–water partition coefficient (Wildman–Crippen LogP) is 2.96. The van der Waals surface area contributed by atoms with Crippen molar-refractivity contribution in [1.29, 1.82) is 0 Å². The number of rotatable bonds is 6. The lowest BCUT2D eigenvalue weighted by Crippen LogP contribution is -2.40. The minimum atomic E-state index is -1.09. The highest BCUT2D eigenvalue weighted by Gasteiger charge is 2.20. The zero-order chi connectivity index (χ0) is 14.4. The average Bonchev–Trinajstić information content (AvgIpc) is 2.32. The fraction of sp³-hybridized carbons (Fsp3) is 0.385. The molecule has 104 valence electrons. The van der Waals surface area contributed by atoms with Gasteiger partial charge in [-0.25, -0.2) is 9.18 Å². The second-order valence-corrected chi connectivity index (χ2v) is 5.08. The van der Waals surface area contributed by atoms with Crippen LogP contribution in [-0.2, 0) is 4.79 Å². The van der Waals surface area contributed by atoms with Gasteiger partial charge in [-0.2, -0.15) is 0 Å². The van der Waals surface area contributed by atoms with Crippen LogP contribution in [0.5, 0.6) is 0 Å². The van der Waals surface area contributed by atoms with Gasteiger partial charge in [0.1, 0.15) is 11.9 Å². The Labute approximate surface area is 119 Å². The lowest BCUT2D eigenvalue weighted by Gasteiger charge is -2.14. The standard InChI is InChI=1S/C13H15BrFNO3/c1-2-3-4-11(13(18)19)16-12(17)8-5-9(14)7-10(15)6-8/h5-7,11H,2-4H2,1H3,(H,16,17)(H,18,19). The summed E-state index contributed by atoms with van der Waals surface area (Å²) < 4.78 is 13.6. The molecule has 1 rings (SSSR count). The van der Waals surface area contributed by atoms with Gasteiger partial charge >= 0.3 is 5.97 Å². The molecule has 0 aliphatic rings. The number of carboxylic acids is 1. The molecule has 0 fully saturated rings. The van der Waals surface area contributed by atoms with Gasteiger partial charge in [-0.3, -0.25) is 4.79 Å². The van der Waals surface area contributed by atoms with Crippen LogP contribution in [0, 0.1) is 5.82 Å². The molecule has 1 unspecified atom stereocenters. The SMILES string of the molecule is CCCCC(NC(=O)c1cc(F)cc(Br)c1)C(=O)O. The van der Waals surface area contributed by atoms with Gasteiger partial charge < -0.3 is 10.4 Å². The van der Waals surface area contributed by atoms with Crippen molar-refractivity contribution in [2.75, 3.05) is 0 Å². The number of carboxylic acid groups (broad SMARTS) is 1. The third kappa shape index (κ3) is 4.98. The number of carbonyl (C=O) groups excluding carboxylic acids is 1. The molecule has 0 bridgehead atoms. The topological polar surface area (TPSA) is 66.4 Å². The van der Waals surface area contributed by atoms with Gasteiger partial charge in [0.25, 0.3) is 5.91 Å². The largest absolute Gasteiger partial charge is 0.480 e. The van der Waals surface area contributed by atoms with Crippen molar-refractivity contribution < 1.29 is 19.1 Å². The summed E-state index contributed by atoms with van der Waals surface area (Å²) in [4.78, 5) is 22.9. The van der Waals surface area contributed by atoms with Gasteiger partial charge in [-0.05, 0) is 24.6 Å². The number of halogens is 2. The van der Waals surface area contributed by atoms with E-state index in [-0.39, 0.29) is 5.56 Å². The van der Waals surface area contributed by atoms with Crippen molar-refractivity contribution in [3.05, 3.63) is 34.1 Å². The van der Waals surface area contributed by atoms with Crippen LogP contribution < -0.4 is 5.32 Å². The first-order valence-corrected chi connectivity index (χ1v) is 6.73. The molecule has 1 aromatic carbocycles. The Kier molecular flexibility index (Phi) is 5.95. The molecule has 1 amide bonds. The zero-order valence-corrected chi connectivity index (χ0v) is 12.0. The molecular formula is C13H15BrFNO3. The molecule has 0 heterocycles. The van der Waals surface area contributed by atoms with Crippen LogP contribution in [-0.4, -0.2) is 23.0 Å². The van der Waals surface area contributed by atoms with Crippen LogP contribution >= 0.6 is 15.9 Å². The van der Waals surface area contributed by atoms with E-state index >= 15 is 0 Å². The van der Waals surface area contributed by atoms with Crippen molar-refractivity contribution in [2.45, 2.75) is 32.2 Å². The zero-order valence-electron chi connectivity index (χ0n) is 10.5. The number of hydrogen-bond donors (Lipinski definition) is 2. The summed E-state index contributed by atoms with van der Waals surface area (Å²) in [5.74, 6) is -2.24. The van der Waals surface area contributed by atoms with E-state index in [0.29, 0.717) is 17.3 Å². The lowest BCUT2D eigenvalue weighted by molar-refractivity contribution is -0.139. The highest BCUT2D eigenvalue weighted by Crippen LogP contribution is 2.15. The van der Waals surface area contributed by atoms with Gasteiger partial charge in [0, 0.05) is 10.0 Å². The molecule has 1 aromatic rings. The smallest absolute Gasteiger partial charge is 0.326 e. The van der Waals surface area contributed by atoms with E-state index in [4.69, 9.17) is 5.11 Å². The maximum Gasteiger partial charge on any atom is 0.326 e. The normalized spacial score (nSPS) is 11.9. The summed E-state index contributed by atoms with van der Waals surface area (Å²) in [5.41, 5.74) is 0.0922. The van der Waals surface area contributed by atoms with Crippen molar-refractivity contribution in [3.8, 4) is 0 Å². The summed E-state index contributed by atoms with van der Waals surface area (Å²) >= 11 is 3.08. The van der Waals surface area contributed by atoms with Gasteiger partial charge in [0.2, 0.25) is 0 Å². The molecule has 0 aliphatic carbocycles. The van der Waals surface area contributed by atoms with Crippen LogP contribution in [0.4, 0.5) is 4.39 Å². The molecule has 0 aromatic heterocycles. The van der Waals surface area contributed by atoms with Crippen LogP contribution in [0.2, 0.25) is 0 Å². The first-order chi connectivity index (χ1) is 8.93. The molecule has 0 radical (unpaired) electrons. The van der Waals surface area contributed by atoms with Crippen LogP contribution in [0.1, 0.15) is 36.5 Å². The Bertz CT molecular complexity index is 459. The third-order valence-electron chi connectivity index (χ3n) is 2.57. The molecule has 19 heavy (non-hydrogen) atoms. The maximum atomic E-state index is 13.2. The highest BCUT2D eigenvalue weighted by atomic mass is 79.9. The summed E-state index contributed by atoms with van der Waals surface area (Å²) in [5, 5.41) is 11.4. The molecule has 1 atom stereocenters. The second-order valence-electron chi connectivity index (χ2n) is 4.16. The van der Waals surface area contributed by atoms with Gasteiger partial charge in [-0.1, -0.05) is 35.7 Å². The highest BCUT2D eigenvalue weighted by molar-refractivity contribution is 9.10. The molecule has 6 heteroatoms. The summed E-state index contributed by atoms with van der Waals surface area (Å²) in [6, 6.07) is 2.79. The first kappa shape index (κ1) is 15.6. The number of nitrogens with one attached hydrogen (secondary N) is 1. The lowest BCUT2D eigenvalue weighted by atomic mass is 10.1. The Morgan fingerprint density at radius 3 is 2.63 bits per heavy atom. The molecule has 0 saturated heterocycles. The van der Waals surface area contributed by atoms with E-state index in [1.54, 1.807) is 0 Å². The van der Waals surface area contributed by atoms with Crippen LogP contribution in [0.15, 0.2) is 22.7 Å². The Hall–Kier alpha value is -1.43. The molecular weight excluding hydrogens is 317 g/mol. The van der Waals surface area contributed by atoms with Crippen molar-refractivity contribution in [3.63, 3.8) is 0 Å². The van der Waals surface area contributed by atoms with Crippen LogP contribution in [0.25, 0.3) is 0 Å². The molecule has 2 N–H and O–H groups in total. The second kappa shape index (κ2) is 7.23. The number of carbonyl (C=O) groups is 2. The third-order valence-corrected chi connectivity index (χ3v) is 3.03. The van der Waals surface area contributed by atoms with Crippen molar-refractivity contribution >= 4 is 27.8 Å². The number of aliphatic carboxylic acids is 1. The molecule has 4 nitrogen and oxygen atoms in total. The summed E-state index contributed by atoms with van der Waals surface area (Å²) in [6.07, 6.45) is 1.89. The van der Waals surface area contributed by atoms with Crippen molar-refractivity contribution in [1.82, 2.24) is 5.32 Å². The fourth-order valence-electron chi connectivity index (χ4n) is 1.59. The molecule has 0 aliphatic heterocycles. The van der Waals surface area contributed by atoms with Crippen molar-refractivity contribution in [2.24, 2.45) is 0 Å². The minimum Gasteiger partial charge on any atom is -0.480 e. The monoisotopic (exact) mass is 331 g/mol. The maximum absolute atomic E-state index is 13.2. The van der Waals surface area contributed by atoms with Gasteiger partial charge in [0.15, 0.2) is 0 Å². The fourth-order valence-corrected chi connectivity index (χ4v) is 2.06. The van der Waals surface area contributed by atoms with E-state index in [2.05, 4.69) is 21.2 Å². The van der Waals surface area contributed by atoms with E-state index in [9.17, 15) is 14.0 Å². The number of hydrogen-bond acceptors (Lipinski definition) is 2. The van der Waals surface area contributed by atoms with Gasteiger partial charge in [0.05, 0.1) is 0 Å². The van der Waals surface area contributed by atoms with E-state index in [1.807, 2.05) is 6.92 Å². The minimum absolute atomic E-state index is 0.0922. The average molecular weight is 332 g/mol. The first-order valence-electron chi connectivity index (χ1n) is 5.93. The van der Waals surface area contributed by atoms with Gasteiger partial charge in [-0.15, -0.1) is 0 Å². The summed E-state index contributed by atoms with van der Waals surface area (Å²) in [7, 11) is 0. The van der Waals surface area contributed by atoms with E-state index in [1.165, 1.54) is 12.1 Å². The number of amides is 1. The Morgan fingerprint density at radius 2 is 2.11 bits per heavy atom. The number of unbranched alkanes of at least 4 members (excludes halogenated alkanes) is 1. The summed E-state index contributed by atoms with van der Waals surface area (Å²) in [6.45, 7) is 1.93. The quantitative estimate of drug-likeness (QED) is 0.842. The van der Waals surface area contributed by atoms with E-state index in [0.717, 1.165) is 12.5 Å². The Balaban J connectivity index is 2.78. The Morgan fingerprint density at radius 1 is 1.42 bits per heavy atom. The molecule has 0 spiro atoms. The predicted molar refractivity (Wildman–Crippen MR) is 72.5 cm³/mol. The van der Waals surface area contributed by atoms with Crippen LogP contribution in [0.3, 0.4) is 0 Å². The molecule has 0 saturated carbocycles. The van der Waals surface area contributed by atoms with E-state index < -0.39 is 23.7 Å².